The Morgan fingerprint density at radius 3 is 2.25 bits per heavy atom. The van der Waals surface area contributed by atoms with Gasteiger partial charge in [0.2, 0.25) is 27.6 Å². The molecule has 1 aromatic rings. The number of pyridine rings is 1. The molecular formula is C37H57N7O7S. The molecule has 1 unspecified atom stereocenters. The van der Waals surface area contributed by atoms with E-state index in [1.54, 1.807) is 0 Å². The summed E-state index contributed by atoms with van der Waals surface area (Å²) in [6, 6.07) is -1.33. The van der Waals surface area contributed by atoms with Crippen LogP contribution < -0.4 is 21.3 Å². The molecule has 288 valence electrons. The van der Waals surface area contributed by atoms with Gasteiger partial charge in [0.1, 0.15) is 17.0 Å². The molecule has 5 amide bonds. The molecule has 14 nitrogen and oxygen atoms in total. The third kappa shape index (κ3) is 9.20. The molecule has 3 fully saturated rings. The van der Waals surface area contributed by atoms with Crippen molar-refractivity contribution >= 4 is 39.6 Å². The van der Waals surface area contributed by atoms with E-state index in [0.29, 0.717) is 13.0 Å². The van der Waals surface area contributed by atoms with Crippen molar-refractivity contribution in [2.24, 2.45) is 34.0 Å². The zero-order valence-corrected chi connectivity index (χ0v) is 32.8. The van der Waals surface area contributed by atoms with Gasteiger partial charge in [-0.05, 0) is 52.6 Å². The van der Waals surface area contributed by atoms with Crippen LogP contribution in [0.4, 0.5) is 4.79 Å². The average Bonchev–Trinajstić information content (AvgIpc) is 3.91. The van der Waals surface area contributed by atoms with E-state index in [9.17, 15) is 32.4 Å². The summed E-state index contributed by atoms with van der Waals surface area (Å²) in [5.41, 5.74) is -1.59. The summed E-state index contributed by atoms with van der Waals surface area (Å²) < 4.78 is 27.7. The number of fused-ring (bicyclic) bond motifs is 1. The summed E-state index contributed by atoms with van der Waals surface area (Å²) in [5.74, 6) is -2.37. The van der Waals surface area contributed by atoms with Crippen molar-refractivity contribution in [3.05, 3.63) is 37.2 Å². The fourth-order valence-corrected chi connectivity index (χ4v) is 8.27. The Bertz CT molecular complexity index is 1650. The smallest absolute Gasteiger partial charge is 0.315 e. The Hall–Kier alpha value is -3.85. The highest BCUT2D eigenvalue weighted by Gasteiger charge is 2.70. The van der Waals surface area contributed by atoms with Crippen LogP contribution in [0.25, 0.3) is 0 Å². The number of urea groups is 1. The standard InChI is InChI=1S/C37H57N7O7S/c1-11-16-39-32(47)29(45)25(18-22-14-15-22)40-31(46)28-27-24(37(27,8)9)20-44(28)33(48)30(36(5,6)7)42-34(49)41-26(35(2,3)4)21-43(10)52(50,51)23-13-12-17-38-19-23/h11-13,17,19,22,24-28,30H,1,14-16,18,20-21H2,2-10H3,(H,39,47)(H,40,46)(H2,41,42,49)/t24-,25?,26+,27-,28-,30+/m0/s1. The van der Waals surface area contributed by atoms with Gasteiger partial charge in [0.25, 0.3) is 5.91 Å². The Morgan fingerprint density at radius 1 is 1.06 bits per heavy atom. The molecule has 6 atom stereocenters. The first-order valence-corrected chi connectivity index (χ1v) is 19.4. The zero-order valence-electron chi connectivity index (χ0n) is 32.0. The van der Waals surface area contributed by atoms with Crippen LogP contribution in [-0.2, 0) is 29.2 Å². The molecule has 1 aliphatic heterocycles. The zero-order chi connectivity index (χ0) is 39.0. The van der Waals surface area contributed by atoms with Crippen molar-refractivity contribution in [3.63, 3.8) is 0 Å². The maximum atomic E-state index is 14.5. The highest BCUT2D eigenvalue weighted by molar-refractivity contribution is 7.89. The number of hydrogen-bond donors (Lipinski definition) is 4. The molecular weight excluding hydrogens is 687 g/mol. The van der Waals surface area contributed by atoms with Gasteiger partial charge in [-0.15, -0.1) is 6.58 Å². The van der Waals surface area contributed by atoms with Crippen molar-refractivity contribution in [3.8, 4) is 0 Å². The van der Waals surface area contributed by atoms with Gasteiger partial charge in [0.05, 0.1) is 6.04 Å². The Kier molecular flexibility index (Phi) is 12.0. The Labute approximate surface area is 308 Å². The quantitative estimate of drug-likeness (QED) is 0.156. The van der Waals surface area contributed by atoms with Gasteiger partial charge in [0.15, 0.2) is 0 Å². The topological polar surface area (TPSA) is 187 Å². The lowest BCUT2D eigenvalue weighted by Crippen LogP contribution is -2.62. The minimum Gasteiger partial charge on any atom is -0.346 e. The Morgan fingerprint density at radius 2 is 1.71 bits per heavy atom. The minimum atomic E-state index is -3.90. The number of nitrogens with one attached hydrogen (secondary N) is 4. The third-order valence-electron chi connectivity index (χ3n) is 10.8. The van der Waals surface area contributed by atoms with Crippen LogP contribution in [0.3, 0.4) is 0 Å². The fourth-order valence-electron chi connectivity index (χ4n) is 7.12. The van der Waals surface area contributed by atoms with E-state index >= 15 is 0 Å². The second kappa shape index (κ2) is 15.2. The lowest BCUT2D eigenvalue weighted by atomic mass is 9.85. The highest BCUT2D eigenvalue weighted by Crippen LogP contribution is 2.65. The third-order valence-corrected chi connectivity index (χ3v) is 12.6. The molecule has 3 aliphatic rings. The number of carbonyl (C=O) groups excluding carboxylic acids is 5. The molecule has 0 bridgehead atoms. The molecule has 4 rings (SSSR count). The van der Waals surface area contributed by atoms with Crippen molar-refractivity contribution in [1.29, 1.82) is 0 Å². The molecule has 4 N–H and O–H groups in total. The second-order valence-electron chi connectivity index (χ2n) is 17.3. The van der Waals surface area contributed by atoms with Crippen LogP contribution in [0.5, 0.6) is 0 Å². The SMILES string of the molecule is C=CCNC(=O)C(=O)C(CC1CC1)NC(=O)[C@@H]1[C@@H]2[C@H](CN1C(=O)[C@@H](NC(=O)N[C@H](CN(C)S(=O)(=O)c1cccnc1)C(C)(C)C)C(C)(C)C)C2(C)C. The second-order valence-corrected chi connectivity index (χ2v) is 19.3. The summed E-state index contributed by atoms with van der Waals surface area (Å²) in [6.07, 6.45) is 6.37. The van der Waals surface area contributed by atoms with Gasteiger partial charge < -0.3 is 26.2 Å². The highest BCUT2D eigenvalue weighted by atomic mass is 32.2. The fraction of sp³-hybridized carbons (Fsp3) is 0.676. The van der Waals surface area contributed by atoms with E-state index in [1.165, 1.54) is 46.9 Å². The number of likely N-dealkylation sites (tertiary alicyclic amines) is 1. The number of piperidine rings is 1. The van der Waals surface area contributed by atoms with Crippen molar-refractivity contribution in [2.45, 2.75) is 104 Å². The van der Waals surface area contributed by atoms with Gasteiger partial charge in [0, 0.05) is 45.1 Å². The van der Waals surface area contributed by atoms with Crippen LogP contribution >= 0.6 is 0 Å². The Balaban J connectivity index is 1.52. The van der Waals surface area contributed by atoms with Gasteiger partial charge >= 0.3 is 6.03 Å². The molecule has 0 aromatic carbocycles. The number of likely N-dealkylation sites (N-methyl/N-ethyl adjacent to an activating group) is 1. The van der Waals surface area contributed by atoms with Crippen molar-refractivity contribution in [2.75, 3.05) is 26.7 Å². The normalized spacial score (nSPS) is 22.7. The maximum absolute atomic E-state index is 14.5. The van der Waals surface area contributed by atoms with Gasteiger partial charge in [-0.3, -0.25) is 24.2 Å². The van der Waals surface area contributed by atoms with Gasteiger partial charge in [-0.25, -0.2) is 13.2 Å². The molecule has 0 spiro atoms. The molecule has 0 radical (unpaired) electrons. The van der Waals surface area contributed by atoms with Crippen molar-refractivity contribution in [1.82, 2.24) is 35.5 Å². The number of sulfonamides is 1. The lowest BCUT2D eigenvalue weighted by Gasteiger charge is -2.39. The molecule has 2 aliphatic carbocycles. The number of Topliss-reactive ketones (excluding diaryl/α,β-unsaturated/α-hetero) is 1. The first-order chi connectivity index (χ1) is 24.0. The summed E-state index contributed by atoms with van der Waals surface area (Å²) in [5, 5.41) is 11.1. The molecule has 1 saturated heterocycles. The summed E-state index contributed by atoms with van der Waals surface area (Å²) >= 11 is 0. The first kappa shape index (κ1) is 40.9. The number of ketones is 1. The molecule has 2 saturated carbocycles. The van der Waals surface area contributed by atoms with Crippen molar-refractivity contribution < 1.29 is 32.4 Å². The van der Waals surface area contributed by atoms with Gasteiger partial charge in [-0.1, -0.05) is 74.3 Å². The number of rotatable bonds is 15. The number of amides is 5. The summed E-state index contributed by atoms with van der Waals surface area (Å²) in [4.78, 5) is 73.5. The number of carbonyl (C=O) groups is 5. The number of aromatic nitrogens is 1. The van der Waals surface area contributed by atoms with E-state index < -0.39 is 74.6 Å². The van der Waals surface area contributed by atoms with Crippen LogP contribution in [0, 0.1) is 34.0 Å². The van der Waals surface area contributed by atoms with E-state index in [1.807, 2.05) is 55.4 Å². The van der Waals surface area contributed by atoms with Gasteiger partial charge in [-0.2, -0.15) is 4.31 Å². The van der Waals surface area contributed by atoms with E-state index in [4.69, 9.17) is 0 Å². The predicted molar refractivity (Wildman–Crippen MR) is 196 cm³/mol. The summed E-state index contributed by atoms with van der Waals surface area (Å²) in [6.45, 7) is 19.1. The van der Waals surface area contributed by atoms with Crippen LogP contribution in [0.1, 0.15) is 74.7 Å². The molecule has 1 aromatic heterocycles. The van der Waals surface area contributed by atoms with Crippen LogP contribution in [0.2, 0.25) is 0 Å². The van der Waals surface area contributed by atoms with Crippen LogP contribution in [0.15, 0.2) is 42.1 Å². The van der Waals surface area contributed by atoms with E-state index in [-0.39, 0.29) is 41.2 Å². The molecule has 52 heavy (non-hydrogen) atoms. The molecule has 2 heterocycles. The lowest BCUT2D eigenvalue weighted by molar-refractivity contribution is -0.145. The van der Waals surface area contributed by atoms with E-state index in [2.05, 4.69) is 32.8 Å². The first-order valence-electron chi connectivity index (χ1n) is 18.0. The maximum Gasteiger partial charge on any atom is 0.315 e. The summed E-state index contributed by atoms with van der Waals surface area (Å²) in [7, 11) is -2.46. The predicted octanol–water partition coefficient (Wildman–Crippen LogP) is 2.47. The number of nitrogens with zero attached hydrogens (tertiary/aromatic N) is 3. The molecule has 15 heteroatoms. The largest absolute Gasteiger partial charge is 0.346 e. The number of hydrogen-bond acceptors (Lipinski definition) is 8. The monoisotopic (exact) mass is 743 g/mol. The van der Waals surface area contributed by atoms with E-state index in [0.717, 1.165) is 12.8 Å². The minimum absolute atomic E-state index is 0.0256. The van der Waals surface area contributed by atoms with Crippen LogP contribution in [-0.4, -0.2) is 103 Å². The average molecular weight is 744 g/mol.